The molecule has 4 nitrogen and oxygen atoms in total. The van der Waals surface area contributed by atoms with Crippen molar-refractivity contribution in [3.05, 3.63) is 57.2 Å². The van der Waals surface area contributed by atoms with Gasteiger partial charge in [-0.15, -0.1) is 0 Å². The third kappa shape index (κ3) is 2.30. The number of anilines is 1. The van der Waals surface area contributed by atoms with E-state index in [0.717, 1.165) is 10.0 Å². The van der Waals surface area contributed by atoms with Crippen molar-refractivity contribution in [2.24, 2.45) is 0 Å². The fourth-order valence-corrected chi connectivity index (χ4v) is 1.83. The number of hydrogen-bond acceptors (Lipinski definition) is 3. The molecule has 0 saturated heterocycles. The van der Waals surface area contributed by atoms with Gasteiger partial charge in [0.25, 0.3) is 5.56 Å². The van der Waals surface area contributed by atoms with Gasteiger partial charge in [0, 0.05) is 23.1 Å². The molecule has 0 bridgehead atoms. The summed E-state index contributed by atoms with van der Waals surface area (Å²) in [5.74, 6) is 0. The molecule has 2 aromatic rings. The lowest BCUT2D eigenvalue weighted by Gasteiger charge is -2.06. The van der Waals surface area contributed by atoms with Crippen LogP contribution in [0.25, 0.3) is 0 Å². The molecule has 5 heteroatoms. The van der Waals surface area contributed by atoms with E-state index in [-0.39, 0.29) is 11.2 Å². The van der Waals surface area contributed by atoms with Crippen LogP contribution in [0, 0.1) is 0 Å². The van der Waals surface area contributed by atoms with Crippen molar-refractivity contribution in [3.8, 4) is 0 Å². The molecule has 2 heterocycles. The molecule has 0 aliphatic carbocycles. The van der Waals surface area contributed by atoms with Crippen LogP contribution < -0.4 is 11.3 Å². The number of halogens is 1. The number of rotatable bonds is 2. The second kappa shape index (κ2) is 4.49. The summed E-state index contributed by atoms with van der Waals surface area (Å²) >= 11 is 3.33. The summed E-state index contributed by atoms with van der Waals surface area (Å²) in [6, 6.07) is 5.27. The standard InChI is InChI=1S/C11H10BrN3O/c12-9-4-8(5-14-6-9)7-15-3-1-2-10(13)11(15)16/h1-6H,7,13H2. The van der Waals surface area contributed by atoms with E-state index < -0.39 is 0 Å². The maximum Gasteiger partial charge on any atom is 0.273 e. The second-order valence-electron chi connectivity index (χ2n) is 3.41. The first-order valence-electron chi connectivity index (χ1n) is 4.71. The molecule has 2 N–H and O–H groups in total. The van der Waals surface area contributed by atoms with Crippen LogP contribution in [0.15, 0.2) is 46.1 Å². The summed E-state index contributed by atoms with van der Waals surface area (Å²) in [4.78, 5) is 15.7. The highest BCUT2D eigenvalue weighted by atomic mass is 79.9. The van der Waals surface area contributed by atoms with Crippen LogP contribution in [0.4, 0.5) is 5.69 Å². The zero-order valence-electron chi connectivity index (χ0n) is 8.43. The van der Waals surface area contributed by atoms with Gasteiger partial charge < -0.3 is 10.3 Å². The fraction of sp³-hybridized carbons (Fsp3) is 0.0909. The Morgan fingerprint density at radius 2 is 2.25 bits per heavy atom. The number of pyridine rings is 2. The minimum Gasteiger partial charge on any atom is -0.394 e. The summed E-state index contributed by atoms with van der Waals surface area (Å²) in [5.41, 5.74) is 6.57. The van der Waals surface area contributed by atoms with E-state index in [1.165, 1.54) is 0 Å². The first-order valence-corrected chi connectivity index (χ1v) is 5.50. The highest BCUT2D eigenvalue weighted by molar-refractivity contribution is 9.10. The van der Waals surface area contributed by atoms with E-state index in [1.807, 2.05) is 6.07 Å². The molecular formula is C11H10BrN3O. The zero-order valence-corrected chi connectivity index (χ0v) is 10.0. The number of hydrogen-bond donors (Lipinski definition) is 1. The van der Waals surface area contributed by atoms with E-state index in [9.17, 15) is 4.79 Å². The number of nitrogen functional groups attached to an aromatic ring is 1. The van der Waals surface area contributed by atoms with E-state index >= 15 is 0 Å². The van der Waals surface area contributed by atoms with E-state index in [2.05, 4.69) is 20.9 Å². The van der Waals surface area contributed by atoms with Crippen LogP contribution in [0.2, 0.25) is 0 Å². The van der Waals surface area contributed by atoms with Gasteiger partial charge in [-0.2, -0.15) is 0 Å². The van der Waals surface area contributed by atoms with Crippen LogP contribution in [0.5, 0.6) is 0 Å². The Balaban J connectivity index is 2.34. The lowest BCUT2D eigenvalue weighted by atomic mass is 10.3. The van der Waals surface area contributed by atoms with Crippen LogP contribution in [-0.4, -0.2) is 9.55 Å². The van der Waals surface area contributed by atoms with Crippen molar-refractivity contribution in [3.63, 3.8) is 0 Å². The summed E-state index contributed by atoms with van der Waals surface area (Å²) in [6.45, 7) is 0.469. The molecule has 0 aliphatic heterocycles. The predicted molar refractivity (Wildman–Crippen MR) is 66.2 cm³/mol. The Kier molecular flexibility index (Phi) is 3.05. The molecule has 0 atom stereocenters. The lowest BCUT2D eigenvalue weighted by molar-refractivity contribution is 0.758. The zero-order chi connectivity index (χ0) is 11.5. The molecule has 0 radical (unpaired) electrons. The van der Waals surface area contributed by atoms with Crippen LogP contribution in [0.3, 0.4) is 0 Å². The van der Waals surface area contributed by atoms with Gasteiger partial charge in [-0.1, -0.05) is 0 Å². The molecular weight excluding hydrogens is 270 g/mol. The Morgan fingerprint density at radius 1 is 1.44 bits per heavy atom. The van der Waals surface area contributed by atoms with Crippen molar-refractivity contribution in [2.75, 3.05) is 5.73 Å². The summed E-state index contributed by atoms with van der Waals surface area (Å²) in [6.07, 6.45) is 5.13. The minimum absolute atomic E-state index is 0.178. The van der Waals surface area contributed by atoms with Gasteiger partial charge in [0.1, 0.15) is 0 Å². The molecule has 0 saturated carbocycles. The summed E-state index contributed by atoms with van der Waals surface area (Å²) in [7, 11) is 0. The molecule has 2 rings (SSSR count). The van der Waals surface area contributed by atoms with E-state index in [4.69, 9.17) is 5.73 Å². The Morgan fingerprint density at radius 3 is 3.00 bits per heavy atom. The van der Waals surface area contributed by atoms with Crippen molar-refractivity contribution in [1.29, 1.82) is 0 Å². The average Bonchev–Trinajstić information content (AvgIpc) is 2.25. The molecule has 0 amide bonds. The van der Waals surface area contributed by atoms with Crippen molar-refractivity contribution in [2.45, 2.75) is 6.54 Å². The topological polar surface area (TPSA) is 60.9 Å². The maximum absolute atomic E-state index is 11.7. The van der Waals surface area contributed by atoms with Gasteiger partial charge in [-0.25, -0.2) is 0 Å². The average molecular weight is 280 g/mol. The summed E-state index contributed by atoms with van der Waals surface area (Å²) in [5, 5.41) is 0. The molecule has 0 aliphatic rings. The van der Waals surface area contributed by atoms with Gasteiger partial charge in [-0.05, 0) is 39.7 Å². The van der Waals surface area contributed by atoms with Crippen LogP contribution in [-0.2, 0) is 6.54 Å². The third-order valence-corrected chi connectivity index (χ3v) is 2.60. The highest BCUT2D eigenvalue weighted by Gasteiger charge is 2.01. The second-order valence-corrected chi connectivity index (χ2v) is 4.32. The van der Waals surface area contributed by atoms with Gasteiger partial charge >= 0.3 is 0 Å². The monoisotopic (exact) mass is 279 g/mol. The van der Waals surface area contributed by atoms with Crippen LogP contribution in [0.1, 0.15) is 5.56 Å². The normalized spacial score (nSPS) is 10.3. The maximum atomic E-state index is 11.7. The first kappa shape index (κ1) is 10.9. The number of nitrogens with two attached hydrogens (primary N) is 1. The van der Waals surface area contributed by atoms with E-state index in [0.29, 0.717) is 6.54 Å². The molecule has 0 aromatic carbocycles. The molecule has 82 valence electrons. The largest absolute Gasteiger partial charge is 0.394 e. The number of aromatic nitrogens is 2. The van der Waals surface area contributed by atoms with Gasteiger partial charge in [0.15, 0.2) is 0 Å². The predicted octanol–water partition coefficient (Wildman–Crippen LogP) is 1.64. The number of nitrogens with zero attached hydrogens (tertiary/aromatic N) is 2. The van der Waals surface area contributed by atoms with Gasteiger partial charge in [-0.3, -0.25) is 9.78 Å². The molecule has 0 spiro atoms. The molecule has 2 aromatic heterocycles. The minimum atomic E-state index is -0.178. The summed E-state index contributed by atoms with van der Waals surface area (Å²) < 4.78 is 2.45. The Labute approximate surface area is 101 Å². The highest BCUT2D eigenvalue weighted by Crippen LogP contribution is 2.10. The lowest BCUT2D eigenvalue weighted by Crippen LogP contribution is -2.22. The molecule has 16 heavy (non-hydrogen) atoms. The third-order valence-electron chi connectivity index (χ3n) is 2.16. The molecule has 0 unspecified atom stereocenters. The van der Waals surface area contributed by atoms with E-state index in [1.54, 1.807) is 35.3 Å². The Hall–Kier alpha value is -1.62. The fourth-order valence-electron chi connectivity index (χ4n) is 1.42. The SMILES string of the molecule is Nc1cccn(Cc2cncc(Br)c2)c1=O. The van der Waals surface area contributed by atoms with Crippen molar-refractivity contribution >= 4 is 21.6 Å². The van der Waals surface area contributed by atoms with Crippen molar-refractivity contribution < 1.29 is 0 Å². The molecule has 0 fully saturated rings. The van der Waals surface area contributed by atoms with Gasteiger partial charge in [0.05, 0.1) is 12.2 Å². The Bertz CT molecular complexity index is 565. The first-order chi connectivity index (χ1) is 7.66. The smallest absolute Gasteiger partial charge is 0.273 e. The van der Waals surface area contributed by atoms with Crippen LogP contribution >= 0.6 is 15.9 Å². The quantitative estimate of drug-likeness (QED) is 0.909. The van der Waals surface area contributed by atoms with Gasteiger partial charge in [0.2, 0.25) is 0 Å². The van der Waals surface area contributed by atoms with Crippen molar-refractivity contribution in [1.82, 2.24) is 9.55 Å².